The number of rotatable bonds is 4. The zero-order chi connectivity index (χ0) is 11.5. The zero-order valence-corrected chi connectivity index (χ0v) is 9.59. The van der Waals surface area contributed by atoms with Crippen molar-refractivity contribution in [1.82, 2.24) is 9.62 Å². The molecule has 0 radical (unpaired) electrons. The number of amides is 1. The van der Waals surface area contributed by atoms with Gasteiger partial charge in [0.15, 0.2) is 0 Å². The summed E-state index contributed by atoms with van der Waals surface area (Å²) in [6.45, 7) is 4.90. The van der Waals surface area contributed by atoms with Crippen molar-refractivity contribution < 1.29 is 13.2 Å². The number of nitrogens with zero attached hydrogens (tertiary/aromatic N) is 1. The standard InChI is InChI=1S/C9H16N2O3S/c1-3-9(12)10-6-8-4-5-11(7-8)15(2,13)14/h3,8H,1,4-7H2,2H3,(H,10,12)/t8-/m1/s1. The lowest BCUT2D eigenvalue weighted by molar-refractivity contribution is -0.116. The Hall–Kier alpha value is -0.880. The first kappa shape index (κ1) is 12.2. The summed E-state index contributed by atoms with van der Waals surface area (Å²) in [4.78, 5) is 10.9. The molecule has 15 heavy (non-hydrogen) atoms. The Morgan fingerprint density at radius 2 is 2.33 bits per heavy atom. The quantitative estimate of drug-likeness (QED) is 0.669. The molecule has 86 valence electrons. The fourth-order valence-electron chi connectivity index (χ4n) is 1.58. The lowest BCUT2D eigenvalue weighted by atomic mass is 10.1. The first-order chi connectivity index (χ1) is 6.93. The Kier molecular flexibility index (Phi) is 3.87. The molecule has 0 bridgehead atoms. The van der Waals surface area contributed by atoms with Crippen LogP contribution >= 0.6 is 0 Å². The third-order valence-electron chi connectivity index (χ3n) is 2.47. The number of sulfonamides is 1. The van der Waals surface area contributed by atoms with Gasteiger partial charge >= 0.3 is 0 Å². The molecule has 0 aromatic carbocycles. The normalized spacial score (nSPS) is 22.6. The molecule has 1 fully saturated rings. The molecule has 0 saturated carbocycles. The monoisotopic (exact) mass is 232 g/mol. The van der Waals surface area contributed by atoms with Gasteiger partial charge in [0.05, 0.1) is 6.26 Å². The molecule has 6 heteroatoms. The van der Waals surface area contributed by atoms with E-state index in [0.29, 0.717) is 19.6 Å². The van der Waals surface area contributed by atoms with Gasteiger partial charge in [-0.25, -0.2) is 12.7 Å². The summed E-state index contributed by atoms with van der Waals surface area (Å²) in [6, 6.07) is 0. The van der Waals surface area contributed by atoms with Crippen LogP contribution in [0.3, 0.4) is 0 Å². The molecule has 0 unspecified atom stereocenters. The van der Waals surface area contributed by atoms with E-state index in [1.54, 1.807) is 0 Å². The first-order valence-electron chi connectivity index (χ1n) is 4.79. The van der Waals surface area contributed by atoms with Crippen molar-refractivity contribution in [1.29, 1.82) is 0 Å². The lowest BCUT2D eigenvalue weighted by Gasteiger charge is -2.13. The second-order valence-electron chi connectivity index (χ2n) is 3.72. The predicted octanol–water partition coefficient (Wildman–Crippen LogP) is -0.430. The minimum absolute atomic E-state index is 0.212. The molecular formula is C9H16N2O3S. The lowest BCUT2D eigenvalue weighted by Crippen LogP contribution is -2.31. The van der Waals surface area contributed by atoms with E-state index >= 15 is 0 Å². The van der Waals surface area contributed by atoms with Crippen LogP contribution in [0, 0.1) is 5.92 Å². The second-order valence-corrected chi connectivity index (χ2v) is 5.71. The SMILES string of the molecule is C=CC(=O)NC[C@H]1CCN(S(C)(=O)=O)C1. The molecule has 5 nitrogen and oxygen atoms in total. The predicted molar refractivity (Wildman–Crippen MR) is 57.7 cm³/mol. The highest BCUT2D eigenvalue weighted by Crippen LogP contribution is 2.17. The van der Waals surface area contributed by atoms with E-state index in [1.165, 1.54) is 16.6 Å². The van der Waals surface area contributed by atoms with Crippen molar-refractivity contribution in [2.75, 3.05) is 25.9 Å². The van der Waals surface area contributed by atoms with Gasteiger partial charge in [-0.15, -0.1) is 0 Å². The van der Waals surface area contributed by atoms with Gasteiger partial charge in [-0.2, -0.15) is 0 Å². The van der Waals surface area contributed by atoms with Crippen LogP contribution in [0.5, 0.6) is 0 Å². The fourth-order valence-corrected chi connectivity index (χ4v) is 2.50. The number of hydrogen-bond acceptors (Lipinski definition) is 3. The highest BCUT2D eigenvalue weighted by Gasteiger charge is 2.28. The second kappa shape index (κ2) is 4.76. The van der Waals surface area contributed by atoms with E-state index in [-0.39, 0.29) is 11.8 Å². The third kappa shape index (κ3) is 3.64. The molecule has 1 saturated heterocycles. The summed E-state index contributed by atoms with van der Waals surface area (Å²) >= 11 is 0. The molecule has 1 N–H and O–H groups in total. The van der Waals surface area contributed by atoms with E-state index in [2.05, 4.69) is 11.9 Å². The Morgan fingerprint density at radius 3 is 2.80 bits per heavy atom. The minimum Gasteiger partial charge on any atom is -0.352 e. The Bertz CT molecular complexity index is 350. The van der Waals surface area contributed by atoms with Gasteiger partial charge in [0.1, 0.15) is 0 Å². The van der Waals surface area contributed by atoms with Crippen LogP contribution in [0.2, 0.25) is 0 Å². The zero-order valence-electron chi connectivity index (χ0n) is 8.77. The topological polar surface area (TPSA) is 66.5 Å². The van der Waals surface area contributed by atoms with Crippen molar-refractivity contribution in [3.05, 3.63) is 12.7 Å². The highest BCUT2D eigenvalue weighted by molar-refractivity contribution is 7.88. The van der Waals surface area contributed by atoms with Crippen molar-refractivity contribution in [2.24, 2.45) is 5.92 Å². The van der Waals surface area contributed by atoms with Crippen molar-refractivity contribution >= 4 is 15.9 Å². The average molecular weight is 232 g/mol. The number of hydrogen-bond donors (Lipinski definition) is 1. The first-order valence-corrected chi connectivity index (χ1v) is 6.63. The maximum absolute atomic E-state index is 11.2. The van der Waals surface area contributed by atoms with Crippen LogP contribution < -0.4 is 5.32 Å². The molecule has 1 aliphatic heterocycles. The van der Waals surface area contributed by atoms with Gasteiger partial charge in [0.2, 0.25) is 15.9 Å². The van der Waals surface area contributed by atoms with Crippen LogP contribution in [0.4, 0.5) is 0 Å². The summed E-state index contributed by atoms with van der Waals surface area (Å²) in [6.07, 6.45) is 3.21. The number of carbonyl (C=O) groups excluding carboxylic acids is 1. The maximum atomic E-state index is 11.2. The van der Waals surface area contributed by atoms with E-state index in [0.717, 1.165) is 6.42 Å². The average Bonchev–Trinajstić information content (AvgIpc) is 2.61. The summed E-state index contributed by atoms with van der Waals surface area (Å²) in [5, 5.41) is 2.67. The van der Waals surface area contributed by atoms with Crippen molar-refractivity contribution in [3.63, 3.8) is 0 Å². The highest BCUT2D eigenvalue weighted by atomic mass is 32.2. The van der Waals surface area contributed by atoms with E-state index in [9.17, 15) is 13.2 Å². The molecule has 1 amide bonds. The molecule has 0 spiro atoms. The number of nitrogens with one attached hydrogen (secondary N) is 1. The minimum atomic E-state index is -3.08. The molecule has 0 aromatic rings. The van der Waals surface area contributed by atoms with Crippen LogP contribution in [0.1, 0.15) is 6.42 Å². The Labute approximate surface area is 90.2 Å². The smallest absolute Gasteiger partial charge is 0.243 e. The molecular weight excluding hydrogens is 216 g/mol. The Morgan fingerprint density at radius 1 is 1.67 bits per heavy atom. The van der Waals surface area contributed by atoms with Crippen molar-refractivity contribution in [3.8, 4) is 0 Å². The largest absolute Gasteiger partial charge is 0.352 e. The van der Waals surface area contributed by atoms with Crippen molar-refractivity contribution in [2.45, 2.75) is 6.42 Å². The fraction of sp³-hybridized carbons (Fsp3) is 0.667. The molecule has 0 aliphatic carbocycles. The van der Waals surface area contributed by atoms with Crippen LogP contribution in [0.25, 0.3) is 0 Å². The van der Waals surface area contributed by atoms with E-state index < -0.39 is 10.0 Å². The van der Waals surface area contributed by atoms with Gasteiger partial charge in [-0.3, -0.25) is 4.79 Å². The third-order valence-corrected chi connectivity index (χ3v) is 3.74. The number of carbonyl (C=O) groups is 1. The summed E-state index contributed by atoms with van der Waals surface area (Å²) in [7, 11) is -3.08. The van der Waals surface area contributed by atoms with Gasteiger partial charge in [-0.1, -0.05) is 6.58 Å². The van der Waals surface area contributed by atoms with Crippen LogP contribution in [-0.4, -0.2) is 44.5 Å². The summed E-state index contributed by atoms with van der Waals surface area (Å²) < 4.78 is 23.8. The van der Waals surface area contributed by atoms with Gasteiger partial charge in [0, 0.05) is 19.6 Å². The molecule has 0 aromatic heterocycles. The van der Waals surface area contributed by atoms with Gasteiger partial charge < -0.3 is 5.32 Å². The summed E-state index contributed by atoms with van der Waals surface area (Å²) in [5.41, 5.74) is 0. The van der Waals surface area contributed by atoms with Gasteiger partial charge in [0.25, 0.3) is 0 Å². The van der Waals surface area contributed by atoms with E-state index in [1.807, 2.05) is 0 Å². The summed E-state index contributed by atoms with van der Waals surface area (Å²) in [5.74, 6) is -0.00330. The molecule has 1 rings (SSSR count). The van der Waals surface area contributed by atoms with Gasteiger partial charge in [-0.05, 0) is 18.4 Å². The molecule has 1 heterocycles. The maximum Gasteiger partial charge on any atom is 0.243 e. The Balaban J connectivity index is 2.37. The van der Waals surface area contributed by atoms with Crippen LogP contribution in [0.15, 0.2) is 12.7 Å². The molecule has 1 atom stereocenters. The van der Waals surface area contributed by atoms with Crippen LogP contribution in [-0.2, 0) is 14.8 Å². The van der Waals surface area contributed by atoms with E-state index in [4.69, 9.17) is 0 Å². The molecule has 1 aliphatic rings.